The molecule has 3 atom stereocenters. The van der Waals surface area contributed by atoms with Gasteiger partial charge in [0.25, 0.3) is 0 Å². The first-order valence-corrected chi connectivity index (χ1v) is 8.07. The quantitative estimate of drug-likeness (QED) is 0.794. The number of rotatable bonds is 6. The predicted octanol–water partition coefficient (Wildman–Crippen LogP) is 1.12. The highest BCUT2D eigenvalue weighted by molar-refractivity contribution is 7.59. The summed E-state index contributed by atoms with van der Waals surface area (Å²) >= 11 is 0. The molecule has 1 aromatic rings. The fraction of sp³-hybridized carbons (Fsp3) is 0.538. The Hall–Kier alpha value is -0.550. The fourth-order valence-electron chi connectivity index (χ4n) is 1.95. The molecule has 1 N–H and O–H groups in total. The third kappa shape index (κ3) is 4.21. The summed E-state index contributed by atoms with van der Waals surface area (Å²) in [6.07, 6.45) is -1.34. The Balaban J connectivity index is 1.77. The third-order valence-electron chi connectivity index (χ3n) is 2.86. The van der Waals surface area contributed by atoms with Gasteiger partial charge in [0.15, 0.2) is 6.10 Å². The maximum Gasteiger partial charge on any atom is 0.241 e. The van der Waals surface area contributed by atoms with Crippen LogP contribution in [0.15, 0.2) is 30.3 Å². The van der Waals surface area contributed by atoms with Crippen molar-refractivity contribution < 1.29 is 23.8 Å². The minimum atomic E-state index is -3.12. The molecule has 19 heavy (non-hydrogen) atoms. The molecular weight excluding hydrogens is 267 g/mol. The van der Waals surface area contributed by atoms with E-state index in [9.17, 15) is 10.00 Å². The van der Waals surface area contributed by atoms with Gasteiger partial charge in [-0.1, -0.05) is 30.3 Å². The van der Waals surface area contributed by atoms with Crippen molar-refractivity contribution in [2.45, 2.75) is 25.7 Å². The van der Waals surface area contributed by atoms with Gasteiger partial charge in [0.2, 0.25) is 7.94 Å². The maximum absolute atomic E-state index is 12.0. The van der Waals surface area contributed by atoms with E-state index in [1.807, 2.05) is 30.3 Å². The average molecular weight is 286 g/mol. The first kappa shape index (κ1) is 14.9. The second-order valence-electron chi connectivity index (χ2n) is 4.42. The Labute approximate surface area is 113 Å². The molecule has 1 unspecified atom stereocenters. The number of hydrogen-bond donors (Lipinski definition) is 1. The van der Waals surface area contributed by atoms with Crippen LogP contribution in [0.1, 0.15) is 12.5 Å². The van der Waals surface area contributed by atoms with Gasteiger partial charge >= 0.3 is 0 Å². The lowest BCUT2D eigenvalue weighted by molar-refractivity contribution is -0.218. The molecule has 0 bridgehead atoms. The van der Waals surface area contributed by atoms with Crippen LogP contribution in [0.3, 0.4) is 0 Å². The van der Waals surface area contributed by atoms with Gasteiger partial charge in [-0.2, -0.15) is 0 Å². The van der Waals surface area contributed by atoms with Crippen molar-refractivity contribution in [1.82, 2.24) is 0 Å². The van der Waals surface area contributed by atoms with Crippen LogP contribution in [-0.4, -0.2) is 36.7 Å². The van der Waals surface area contributed by atoms with Gasteiger partial charge in [0.05, 0.1) is 19.8 Å². The summed E-state index contributed by atoms with van der Waals surface area (Å²) in [5.41, 5.74) is 1.04. The molecule has 106 valence electrons. The van der Waals surface area contributed by atoms with E-state index >= 15 is 0 Å². The van der Waals surface area contributed by atoms with Crippen molar-refractivity contribution in [3.8, 4) is 0 Å². The molecule has 0 radical (unpaired) electrons. The highest BCUT2D eigenvalue weighted by Crippen LogP contribution is 2.58. The Kier molecular flexibility index (Phi) is 5.28. The molecule has 6 heteroatoms. The molecule has 1 aliphatic rings. The molecule has 0 amide bonds. The van der Waals surface area contributed by atoms with Crippen LogP contribution in [0.4, 0.5) is 0 Å². The average Bonchev–Trinajstić information content (AvgIpc) is 2.66. The van der Waals surface area contributed by atoms with Gasteiger partial charge in [-0.3, -0.25) is 0 Å². The van der Waals surface area contributed by atoms with Gasteiger partial charge in [0.1, 0.15) is 12.3 Å². The zero-order chi connectivity index (χ0) is 13.7. The van der Waals surface area contributed by atoms with E-state index in [0.29, 0.717) is 13.2 Å². The number of hydrogen-bond acceptors (Lipinski definition) is 5. The number of benzene rings is 1. The lowest BCUT2D eigenvalue weighted by Gasteiger charge is -2.21. The standard InChI is InChI=1S/C13H19O5P/c1-2-17-19(15)10-12(14)13(18-19)9-16-8-11-6-4-3-5-7-11/h3-7,12-14H,2,8-10H2,1H3/t12-,13-,19?/m0/s1. The lowest BCUT2D eigenvalue weighted by Crippen LogP contribution is -2.27. The molecule has 0 aromatic heterocycles. The third-order valence-corrected chi connectivity index (χ3v) is 4.92. The van der Waals surface area contributed by atoms with Crippen LogP contribution in [0, 0.1) is 0 Å². The van der Waals surface area contributed by atoms with E-state index in [0.717, 1.165) is 5.56 Å². The van der Waals surface area contributed by atoms with E-state index in [2.05, 4.69) is 0 Å². The first-order chi connectivity index (χ1) is 9.13. The van der Waals surface area contributed by atoms with Gasteiger partial charge < -0.3 is 14.7 Å². The van der Waals surface area contributed by atoms with Gasteiger partial charge in [0, 0.05) is 0 Å². The minimum Gasteiger partial charge on any atom is -0.631 e. The summed E-state index contributed by atoms with van der Waals surface area (Å²) in [5, 5.41) is 9.79. The van der Waals surface area contributed by atoms with Crippen LogP contribution in [0.25, 0.3) is 0 Å². The second kappa shape index (κ2) is 6.75. The van der Waals surface area contributed by atoms with Crippen LogP contribution >= 0.6 is 7.94 Å². The summed E-state index contributed by atoms with van der Waals surface area (Å²) in [5.74, 6) is 0. The minimum absolute atomic E-state index is 0.0419. The summed E-state index contributed by atoms with van der Waals surface area (Å²) in [4.78, 5) is 12.0. The molecule has 0 saturated carbocycles. The first-order valence-electron chi connectivity index (χ1n) is 6.35. The summed E-state index contributed by atoms with van der Waals surface area (Å²) in [6.45, 7) is 2.69. The van der Waals surface area contributed by atoms with Crippen molar-refractivity contribution >= 4 is 7.94 Å². The van der Waals surface area contributed by atoms with Crippen molar-refractivity contribution in [3.63, 3.8) is 0 Å². The Bertz CT molecular complexity index is 388. The highest BCUT2D eigenvalue weighted by Gasteiger charge is 2.48. The van der Waals surface area contributed by atoms with E-state index in [4.69, 9.17) is 13.8 Å². The second-order valence-corrected chi connectivity index (χ2v) is 6.48. The van der Waals surface area contributed by atoms with Crippen molar-refractivity contribution in [2.24, 2.45) is 0 Å². The molecule has 1 aromatic carbocycles. The molecule has 1 heterocycles. The lowest BCUT2D eigenvalue weighted by atomic mass is 10.2. The number of ether oxygens (including phenoxy) is 1. The number of aliphatic hydroxyl groups excluding tert-OH is 1. The smallest absolute Gasteiger partial charge is 0.241 e. The largest absolute Gasteiger partial charge is 0.631 e. The summed E-state index contributed by atoms with van der Waals surface area (Å²) in [7, 11) is -3.12. The van der Waals surface area contributed by atoms with Crippen LogP contribution < -0.4 is 4.89 Å². The SMILES string of the molecule is CCO[P+]1([O-])C[C@H](O)[C@H](COCc2ccccc2)O1. The molecule has 0 spiro atoms. The molecule has 1 saturated heterocycles. The Morgan fingerprint density at radius 2 is 2.16 bits per heavy atom. The van der Waals surface area contributed by atoms with E-state index < -0.39 is 20.2 Å². The Morgan fingerprint density at radius 1 is 1.42 bits per heavy atom. The normalized spacial score (nSPS) is 30.7. The monoisotopic (exact) mass is 286 g/mol. The van der Waals surface area contributed by atoms with Crippen LogP contribution in [0.5, 0.6) is 0 Å². The van der Waals surface area contributed by atoms with Gasteiger partial charge in [-0.25, -0.2) is 9.05 Å². The topological polar surface area (TPSA) is 71.0 Å². The molecule has 1 aliphatic heterocycles. The highest BCUT2D eigenvalue weighted by atomic mass is 31.2. The molecule has 2 rings (SSSR count). The predicted molar refractivity (Wildman–Crippen MR) is 70.4 cm³/mol. The molecule has 0 aliphatic carbocycles. The molecule has 5 nitrogen and oxygen atoms in total. The number of aliphatic hydroxyl groups is 1. The zero-order valence-corrected chi connectivity index (χ0v) is 11.8. The van der Waals surface area contributed by atoms with Gasteiger partial charge in [-0.05, 0) is 12.5 Å². The molecular formula is C13H19O5P. The van der Waals surface area contributed by atoms with Crippen LogP contribution in [0.2, 0.25) is 0 Å². The van der Waals surface area contributed by atoms with E-state index in [1.165, 1.54) is 0 Å². The zero-order valence-electron chi connectivity index (χ0n) is 10.9. The molecule has 1 fully saturated rings. The van der Waals surface area contributed by atoms with Crippen molar-refractivity contribution in [3.05, 3.63) is 35.9 Å². The fourth-order valence-corrected chi connectivity index (χ4v) is 3.91. The van der Waals surface area contributed by atoms with E-state index in [1.54, 1.807) is 6.92 Å². The summed E-state index contributed by atoms with van der Waals surface area (Å²) in [6, 6.07) is 9.71. The Morgan fingerprint density at radius 3 is 2.84 bits per heavy atom. The van der Waals surface area contributed by atoms with E-state index in [-0.39, 0.29) is 12.8 Å². The summed E-state index contributed by atoms with van der Waals surface area (Å²) < 4.78 is 15.9. The van der Waals surface area contributed by atoms with Crippen LogP contribution in [-0.2, 0) is 20.4 Å². The maximum atomic E-state index is 12.0. The van der Waals surface area contributed by atoms with Crippen molar-refractivity contribution in [2.75, 3.05) is 19.4 Å². The van der Waals surface area contributed by atoms with Gasteiger partial charge in [-0.15, -0.1) is 0 Å². The van der Waals surface area contributed by atoms with Crippen molar-refractivity contribution in [1.29, 1.82) is 0 Å².